The van der Waals surface area contributed by atoms with E-state index in [9.17, 15) is 9.90 Å². The molecule has 1 heterocycles. The zero-order valence-corrected chi connectivity index (χ0v) is 18.1. The average molecular weight is 441 g/mol. The lowest BCUT2D eigenvalue weighted by Crippen LogP contribution is -2.34. The largest absolute Gasteiger partial charge is 0.497 e. The van der Waals surface area contributed by atoms with Gasteiger partial charge in [-0.15, -0.1) is 0 Å². The summed E-state index contributed by atoms with van der Waals surface area (Å²) >= 11 is 0. The van der Waals surface area contributed by atoms with Crippen molar-refractivity contribution in [3.63, 3.8) is 0 Å². The minimum Gasteiger partial charge on any atom is -0.497 e. The zero-order chi connectivity index (χ0) is 23.2. The number of carbonyl (C=O) groups is 1. The van der Waals surface area contributed by atoms with Crippen LogP contribution in [0.25, 0.3) is 11.3 Å². The second-order valence-electron chi connectivity index (χ2n) is 7.43. The Hall–Kier alpha value is -4.23. The SMILES string of the molecule is COc1ccc(-c2cnc(N)c(C(=O)N[C@H](c3ccccc3)[C@@H](O)c3ccccc3)n2)cc1. The standard InChI is InChI=1S/C26H24N4O3/c1-33-20-14-12-17(13-15-20)21-16-28-25(27)23(29-21)26(32)30-22(18-8-4-2-5-9-18)24(31)19-10-6-3-7-11-19/h2-16,22,24,31H,1H3,(H2,27,28)(H,30,32)/t22-,24+/m1/s1. The van der Waals surface area contributed by atoms with E-state index in [0.29, 0.717) is 17.0 Å². The number of nitrogens with one attached hydrogen (secondary N) is 1. The van der Waals surface area contributed by atoms with Crippen LogP contribution in [-0.2, 0) is 0 Å². The maximum atomic E-state index is 13.2. The second kappa shape index (κ2) is 9.93. The van der Waals surface area contributed by atoms with E-state index in [1.807, 2.05) is 72.8 Å². The Morgan fingerprint density at radius 3 is 2.15 bits per heavy atom. The molecule has 0 radical (unpaired) electrons. The van der Waals surface area contributed by atoms with Crippen LogP contribution in [-0.4, -0.2) is 28.1 Å². The Bertz CT molecular complexity index is 1220. The first-order valence-electron chi connectivity index (χ1n) is 10.4. The predicted octanol–water partition coefficient (Wildman–Crippen LogP) is 3.94. The number of hydrogen-bond donors (Lipinski definition) is 3. The number of nitrogen functional groups attached to an aromatic ring is 1. The number of methoxy groups -OCH3 is 1. The van der Waals surface area contributed by atoms with Crippen LogP contribution in [0.2, 0.25) is 0 Å². The van der Waals surface area contributed by atoms with E-state index < -0.39 is 18.1 Å². The third-order valence-electron chi connectivity index (χ3n) is 5.30. The molecule has 4 rings (SSSR count). The maximum Gasteiger partial charge on any atom is 0.274 e. The van der Waals surface area contributed by atoms with Crippen LogP contribution in [0.3, 0.4) is 0 Å². The van der Waals surface area contributed by atoms with Gasteiger partial charge in [0.05, 0.1) is 25.0 Å². The highest BCUT2D eigenvalue weighted by Crippen LogP contribution is 2.29. The number of benzene rings is 3. The number of carbonyl (C=O) groups excluding carboxylic acids is 1. The molecule has 7 nitrogen and oxygen atoms in total. The molecule has 0 aliphatic rings. The molecule has 2 atom stereocenters. The summed E-state index contributed by atoms with van der Waals surface area (Å²) in [5.74, 6) is 0.186. The molecule has 4 N–H and O–H groups in total. The number of rotatable bonds is 7. The molecular formula is C26H24N4O3. The number of anilines is 1. The minimum atomic E-state index is -0.975. The number of ether oxygens (including phenoxy) is 1. The molecule has 0 saturated heterocycles. The molecule has 0 aliphatic carbocycles. The molecule has 3 aromatic carbocycles. The summed E-state index contributed by atoms with van der Waals surface area (Å²) in [7, 11) is 1.59. The first-order chi connectivity index (χ1) is 16.1. The van der Waals surface area contributed by atoms with Gasteiger partial charge in [0.15, 0.2) is 11.5 Å². The number of aromatic nitrogens is 2. The molecule has 0 saturated carbocycles. The molecule has 0 aliphatic heterocycles. The molecule has 1 amide bonds. The second-order valence-corrected chi connectivity index (χ2v) is 7.43. The third-order valence-corrected chi connectivity index (χ3v) is 5.30. The normalized spacial score (nSPS) is 12.5. The maximum absolute atomic E-state index is 13.2. The topological polar surface area (TPSA) is 110 Å². The van der Waals surface area contributed by atoms with Gasteiger partial charge in [-0.05, 0) is 35.4 Å². The van der Waals surface area contributed by atoms with E-state index in [4.69, 9.17) is 10.5 Å². The summed E-state index contributed by atoms with van der Waals surface area (Å²) in [6.07, 6.45) is 0.540. The van der Waals surface area contributed by atoms with Crippen molar-refractivity contribution in [2.45, 2.75) is 12.1 Å². The Balaban J connectivity index is 1.65. The van der Waals surface area contributed by atoms with Gasteiger partial charge in [-0.1, -0.05) is 60.7 Å². The third kappa shape index (κ3) is 4.99. The quantitative estimate of drug-likeness (QED) is 0.402. The molecule has 166 valence electrons. The Labute approximate surface area is 191 Å². The molecule has 7 heteroatoms. The minimum absolute atomic E-state index is 0.00535. The van der Waals surface area contributed by atoms with Crippen molar-refractivity contribution in [2.24, 2.45) is 0 Å². The van der Waals surface area contributed by atoms with Gasteiger partial charge >= 0.3 is 0 Å². The van der Waals surface area contributed by atoms with Crippen LogP contribution in [0.5, 0.6) is 5.75 Å². The zero-order valence-electron chi connectivity index (χ0n) is 18.1. The summed E-state index contributed by atoms with van der Waals surface area (Å²) in [5, 5.41) is 14.0. The van der Waals surface area contributed by atoms with E-state index in [0.717, 1.165) is 11.1 Å². The van der Waals surface area contributed by atoms with Gasteiger partial charge < -0.3 is 20.9 Å². The molecule has 33 heavy (non-hydrogen) atoms. The summed E-state index contributed by atoms with van der Waals surface area (Å²) in [6.45, 7) is 0. The van der Waals surface area contributed by atoms with Crippen molar-refractivity contribution < 1.29 is 14.6 Å². The van der Waals surface area contributed by atoms with Crippen molar-refractivity contribution in [1.82, 2.24) is 15.3 Å². The van der Waals surface area contributed by atoms with E-state index >= 15 is 0 Å². The molecule has 1 aromatic heterocycles. The highest BCUT2D eigenvalue weighted by Gasteiger charge is 2.26. The van der Waals surface area contributed by atoms with Crippen molar-refractivity contribution >= 4 is 11.7 Å². The monoisotopic (exact) mass is 440 g/mol. The fourth-order valence-electron chi connectivity index (χ4n) is 3.52. The number of aliphatic hydroxyl groups is 1. The highest BCUT2D eigenvalue weighted by atomic mass is 16.5. The van der Waals surface area contributed by atoms with Crippen molar-refractivity contribution in [3.05, 3.63) is 108 Å². The van der Waals surface area contributed by atoms with Crippen molar-refractivity contribution in [3.8, 4) is 17.0 Å². The van der Waals surface area contributed by atoms with Crippen molar-refractivity contribution in [1.29, 1.82) is 0 Å². The number of nitrogens with two attached hydrogens (primary N) is 1. The predicted molar refractivity (Wildman–Crippen MR) is 126 cm³/mol. The van der Waals surface area contributed by atoms with E-state index in [2.05, 4.69) is 15.3 Å². The van der Waals surface area contributed by atoms with E-state index in [-0.39, 0.29) is 11.5 Å². The van der Waals surface area contributed by atoms with Crippen LogP contribution in [0.1, 0.15) is 33.8 Å². The summed E-state index contributed by atoms with van der Waals surface area (Å²) in [5.41, 5.74) is 8.68. The smallest absolute Gasteiger partial charge is 0.274 e. The Kier molecular flexibility index (Phi) is 6.61. The van der Waals surface area contributed by atoms with E-state index in [1.54, 1.807) is 19.2 Å². The number of aliphatic hydroxyl groups excluding tert-OH is 1. The summed E-state index contributed by atoms with van der Waals surface area (Å²) in [6, 6.07) is 25.0. The molecule has 0 unspecified atom stereocenters. The lowest BCUT2D eigenvalue weighted by molar-refractivity contribution is 0.0827. The number of hydrogen-bond acceptors (Lipinski definition) is 6. The van der Waals surface area contributed by atoms with Crippen LogP contribution in [0.4, 0.5) is 5.82 Å². The van der Waals surface area contributed by atoms with Gasteiger partial charge in [-0.3, -0.25) is 4.79 Å². The average Bonchev–Trinajstić information content (AvgIpc) is 2.88. The van der Waals surface area contributed by atoms with Gasteiger partial charge in [0, 0.05) is 5.56 Å². The Morgan fingerprint density at radius 2 is 1.55 bits per heavy atom. The summed E-state index contributed by atoms with van der Waals surface area (Å²) < 4.78 is 5.19. The fraction of sp³-hybridized carbons (Fsp3) is 0.115. The number of amides is 1. The van der Waals surface area contributed by atoms with Gasteiger partial charge in [-0.2, -0.15) is 0 Å². The van der Waals surface area contributed by atoms with Crippen molar-refractivity contribution in [2.75, 3.05) is 12.8 Å². The molecule has 0 fully saturated rings. The molecule has 4 aromatic rings. The van der Waals surface area contributed by atoms with E-state index in [1.165, 1.54) is 6.20 Å². The summed E-state index contributed by atoms with van der Waals surface area (Å²) in [4.78, 5) is 21.9. The molecule has 0 bridgehead atoms. The highest BCUT2D eigenvalue weighted by molar-refractivity contribution is 5.97. The number of nitrogens with zero attached hydrogens (tertiary/aromatic N) is 2. The first-order valence-corrected chi connectivity index (χ1v) is 10.4. The first kappa shape index (κ1) is 22.0. The van der Waals surface area contributed by atoms with Gasteiger partial charge in [-0.25, -0.2) is 9.97 Å². The van der Waals surface area contributed by atoms with Gasteiger partial charge in [0.2, 0.25) is 0 Å². The van der Waals surface area contributed by atoms with Gasteiger partial charge in [0.1, 0.15) is 11.9 Å². The lowest BCUT2D eigenvalue weighted by atomic mass is 9.95. The van der Waals surface area contributed by atoms with Crippen LogP contribution < -0.4 is 15.8 Å². The lowest BCUT2D eigenvalue weighted by Gasteiger charge is -2.25. The van der Waals surface area contributed by atoms with Crippen LogP contribution in [0, 0.1) is 0 Å². The van der Waals surface area contributed by atoms with Gasteiger partial charge in [0.25, 0.3) is 5.91 Å². The fourth-order valence-corrected chi connectivity index (χ4v) is 3.52. The molecular weight excluding hydrogens is 416 g/mol. The Morgan fingerprint density at radius 1 is 0.939 bits per heavy atom. The van der Waals surface area contributed by atoms with Crippen LogP contribution >= 0.6 is 0 Å². The molecule has 0 spiro atoms. The van der Waals surface area contributed by atoms with Crippen LogP contribution in [0.15, 0.2) is 91.1 Å².